The molecule has 3 rings (SSSR count). The first-order valence-electron chi connectivity index (χ1n) is 11.4. The molecule has 7 nitrogen and oxygen atoms in total. The van der Waals surface area contributed by atoms with Gasteiger partial charge in [-0.25, -0.2) is 13.6 Å². The quantitative estimate of drug-likeness (QED) is 0.550. The molecule has 2 aromatic carbocycles. The van der Waals surface area contributed by atoms with E-state index in [2.05, 4.69) is 5.32 Å². The predicted molar refractivity (Wildman–Crippen MR) is 122 cm³/mol. The van der Waals surface area contributed by atoms with Gasteiger partial charge in [-0.05, 0) is 24.5 Å². The van der Waals surface area contributed by atoms with E-state index in [-0.39, 0.29) is 43.4 Å². The van der Waals surface area contributed by atoms with Crippen LogP contribution in [0.1, 0.15) is 49.8 Å². The SMILES string of the molecule is CC(C)[C@H](NC(=O)C[C@@H]1CCC(=O)N1Cc1cccc(F)c1F)C(=O)OCc1ccccc1C#N. The molecule has 2 amide bonds. The van der Waals surface area contributed by atoms with E-state index < -0.39 is 35.6 Å². The molecule has 184 valence electrons. The van der Waals surface area contributed by atoms with Crippen molar-refractivity contribution in [2.75, 3.05) is 0 Å². The zero-order valence-electron chi connectivity index (χ0n) is 19.6. The molecule has 0 radical (unpaired) electrons. The number of carbonyl (C=O) groups is 3. The van der Waals surface area contributed by atoms with Crippen LogP contribution in [0.2, 0.25) is 0 Å². The van der Waals surface area contributed by atoms with Crippen molar-refractivity contribution in [2.24, 2.45) is 5.92 Å². The van der Waals surface area contributed by atoms with E-state index in [0.29, 0.717) is 17.5 Å². The number of nitriles is 1. The fourth-order valence-corrected chi connectivity index (χ4v) is 4.01. The second-order valence-electron chi connectivity index (χ2n) is 8.80. The Morgan fingerprint density at radius 1 is 1.17 bits per heavy atom. The Morgan fingerprint density at radius 3 is 2.60 bits per heavy atom. The van der Waals surface area contributed by atoms with Crippen molar-refractivity contribution in [1.29, 1.82) is 5.26 Å². The molecule has 1 fully saturated rings. The van der Waals surface area contributed by atoms with Crippen molar-refractivity contribution >= 4 is 17.8 Å². The second-order valence-corrected chi connectivity index (χ2v) is 8.80. The van der Waals surface area contributed by atoms with Gasteiger partial charge in [0.2, 0.25) is 11.8 Å². The smallest absolute Gasteiger partial charge is 0.329 e. The zero-order chi connectivity index (χ0) is 25.5. The number of nitrogens with one attached hydrogen (secondary N) is 1. The van der Waals surface area contributed by atoms with Gasteiger partial charge in [0.1, 0.15) is 12.6 Å². The summed E-state index contributed by atoms with van der Waals surface area (Å²) in [6.07, 6.45) is 0.504. The van der Waals surface area contributed by atoms with E-state index in [1.807, 2.05) is 6.07 Å². The predicted octanol–water partition coefficient (Wildman–Crippen LogP) is 3.60. The number of hydrogen-bond acceptors (Lipinski definition) is 5. The van der Waals surface area contributed by atoms with Crippen LogP contribution in [0.4, 0.5) is 8.78 Å². The number of benzene rings is 2. The molecule has 0 bridgehead atoms. The van der Waals surface area contributed by atoms with Crippen molar-refractivity contribution < 1.29 is 27.9 Å². The first kappa shape index (κ1) is 25.8. The number of halogens is 2. The van der Waals surface area contributed by atoms with Gasteiger partial charge in [-0.1, -0.05) is 44.2 Å². The van der Waals surface area contributed by atoms with Crippen molar-refractivity contribution in [3.63, 3.8) is 0 Å². The minimum Gasteiger partial charge on any atom is -0.459 e. The molecule has 2 atom stereocenters. The Morgan fingerprint density at radius 2 is 1.89 bits per heavy atom. The Labute approximate surface area is 202 Å². The van der Waals surface area contributed by atoms with Crippen LogP contribution in [-0.4, -0.2) is 34.8 Å². The average molecular weight is 484 g/mol. The van der Waals surface area contributed by atoms with Crippen LogP contribution in [0.25, 0.3) is 0 Å². The fourth-order valence-electron chi connectivity index (χ4n) is 4.01. The third-order valence-electron chi connectivity index (χ3n) is 5.99. The normalized spacial score (nSPS) is 16.2. The molecule has 9 heteroatoms. The van der Waals surface area contributed by atoms with Gasteiger partial charge >= 0.3 is 5.97 Å². The van der Waals surface area contributed by atoms with Gasteiger partial charge < -0.3 is 15.0 Å². The molecule has 1 heterocycles. The number of likely N-dealkylation sites (tertiary alicyclic amines) is 1. The highest BCUT2D eigenvalue weighted by molar-refractivity contribution is 5.86. The van der Waals surface area contributed by atoms with Gasteiger partial charge in [0.15, 0.2) is 11.6 Å². The van der Waals surface area contributed by atoms with E-state index >= 15 is 0 Å². The largest absolute Gasteiger partial charge is 0.459 e. The first-order chi connectivity index (χ1) is 16.7. The van der Waals surface area contributed by atoms with E-state index in [0.717, 1.165) is 6.07 Å². The Bertz CT molecular complexity index is 1150. The molecule has 1 aliphatic rings. The minimum atomic E-state index is -1.02. The summed E-state index contributed by atoms with van der Waals surface area (Å²) in [5, 5.41) is 11.9. The summed E-state index contributed by atoms with van der Waals surface area (Å²) < 4.78 is 33.0. The number of amides is 2. The van der Waals surface area contributed by atoms with Crippen molar-refractivity contribution in [3.8, 4) is 6.07 Å². The summed E-state index contributed by atoms with van der Waals surface area (Å²) in [6, 6.07) is 11.1. The lowest BCUT2D eigenvalue weighted by atomic mass is 10.0. The number of ether oxygens (including phenoxy) is 1. The number of nitrogens with zero attached hydrogens (tertiary/aromatic N) is 2. The maximum absolute atomic E-state index is 14.1. The molecule has 1 aliphatic heterocycles. The number of carbonyl (C=O) groups excluding carboxylic acids is 3. The summed E-state index contributed by atoms with van der Waals surface area (Å²) in [7, 11) is 0. The maximum Gasteiger partial charge on any atom is 0.329 e. The molecular weight excluding hydrogens is 456 g/mol. The van der Waals surface area contributed by atoms with Crippen LogP contribution in [-0.2, 0) is 32.3 Å². The molecule has 1 N–H and O–H groups in total. The Hall–Kier alpha value is -3.80. The van der Waals surface area contributed by atoms with Crippen LogP contribution >= 0.6 is 0 Å². The fraction of sp³-hybridized carbons (Fsp3) is 0.385. The monoisotopic (exact) mass is 483 g/mol. The van der Waals surface area contributed by atoms with Crippen LogP contribution in [0.5, 0.6) is 0 Å². The Balaban J connectivity index is 1.62. The molecule has 0 unspecified atom stereocenters. The summed E-state index contributed by atoms with van der Waals surface area (Å²) in [5.74, 6) is -3.64. The maximum atomic E-state index is 14.1. The van der Waals surface area contributed by atoms with Crippen LogP contribution in [0.15, 0.2) is 42.5 Å². The topological polar surface area (TPSA) is 99.5 Å². The average Bonchev–Trinajstić information content (AvgIpc) is 3.17. The lowest BCUT2D eigenvalue weighted by Crippen LogP contribution is -2.47. The van der Waals surface area contributed by atoms with Crippen molar-refractivity contribution in [1.82, 2.24) is 10.2 Å². The summed E-state index contributed by atoms with van der Waals surface area (Å²) >= 11 is 0. The number of hydrogen-bond donors (Lipinski definition) is 1. The highest BCUT2D eigenvalue weighted by Gasteiger charge is 2.34. The number of rotatable bonds is 9. The zero-order valence-corrected chi connectivity index (χ0v) is 19.6. The van der Waals surface area contributed by atoms with Crippen molar-refractivity contribution in [3.05, 3.63) is 70.8 Å². The lowest BCUT2D eigenvalue weighted by molar-refractivity contribution is -0.150. The number of esters is 1. The molecule has 0 spiro atoms. The van der Waals surface area contributed by atoms with E-state index in [1.54, 1.807) is 38.1 Å². The highest BCUT2D eigenvalue weighted by Crippen LogP contribution is 2.25. The van der Waals surface area contributed by atoms with Crippen LogP contribution in [0.3, 0.4) is 0 Å². The van der Waals surface area contributed by atoms with Gasteiger partial charge in [-0.3, -0.25) is 9.59 Å². The molecule has 0 saturated carbocycles. The summed E-state index contributed by atoms with van der Waals surface area (Å²) in [4.78, 5) is 39.2. The van der Waals surface area contributed by atoms with E-state index in [1.165, 1.54) is 17.0 Å². The van der Waals surface area contributed by atoms with Crippen molar-refractivity contribution in [2.45, 2.75) is 58.3 Å². The van der Waals surface area contributed by atoms with Gasteiger partial charge in [-0.2, -0.15) is 5.26 Å². The third kappa shape index (κ3) is 6.41. The molecule has 0 aliphatic carbocycles. The van der Waals surface area contributed by atoms with Gasteiger partial charge in [0.25, 0.3) is 0 Å². The molecule has 35 heavy (non-hydrogen) atoms. The molecule has 0 aromatic heterocycles. The molecule has 1 saturated heterocycles. The van der Waals surface area contributed by atoms with E-state index in [4.69, 9.17) is 4.74 Å². The van der Waals surface area contributed by atoms with E-state index in [9.17, 15) is 28.4 Å². The van der Waals surface area contributed by atoms with Gasteiger partial charge in [0, 0.05) is 36.6 Å². The minimum absolute atomic E-state index is 0.0342. The van der Waals surface area contributed by atoms with Gasteiger partial charge in [-0.15, -0.1) is 0 Å². The highest BCUT2D eigenvalue weighted by atomic mass is 19.2. The molecular formula is C26H27F2N3O4. The first-order valence-corrected chi connectivity index (χ1v) is 11.4. The standard InChI is InChI=1S/C26H27F2N3O4/c1-16(2)25(26(34)35-15-19-7-4-3-6-17(19)13-29)30-22(32)12-20-10-11-23(33)31(20)14-18-8-5-9-21(27)24(18)28/h3-9,16,20,25H,10-12,14-15H2,1-2H3,(H,30,32)/t20-,25-/m0/s1. The summed E-state index contributed by atoms with van der Waals surface area (Å²) in [6.45, 7) is 3.27. The summed E-state index contributed by atoms with van der Waals surface area (Å²) in [5.41, 5.74) is 0.986. The molecule has 2 aromatic rings. The van der Waals surface area contributed by atoms with Crippen LogP contribution < -0.4 is 5.32 Å². The lowest BCUT2D eigenvalue weighted by Gasteiger charge is -2.26. The van der Waals surface area contributed by atoms with Gasteiger partial charge in [0.05, 0.1) is 11.6 Å². The third-order valence-corrected chi connectivity index (χ3v) is 5.99. The second kappa shape index (κ2) is 11.6. The van der Waals surface area contributed by atoms with Crippen LogP contribution in [0, 0.1) is 28.9 Å². The Kier molecular flexibility index (Phi) is 8.53.